The van der Waals surface area contributed by atoms with Crippen LogP contribution in [0.3, 0.4) is 0 Å². The van der Waals surface area contributed by atoms with Gasteiger partial charge in [0.15, 0.2) is 0 Å². The predicted octanol–water partition coefficient (Wildman–Crippen LogP) is -1.81. The zero-order valence-corrected chi connectivity index (χ0v) is 15.3. The number of nitrogens with one attached hydrogen (secondary N) is 3. The van der Waals surface area contributed by atoms with E-state index in [1.54, 1.807) is 0 Å². The average Bonchev–Trinajstić information content (AvgIpc) is 2.54. The van der Waals surface area contributed by atoms with E-state index in [1.165, 1.54) is 18.7 Å². The maximum absolute atomic E-state index is 12.3. The number of carboxylic acids is 1. The van der Waals surface area contributed by atoms with Crippen LogP contribution in [0.1, 0.15) is 13.3 Å². The molecule has 0 radical (unpaired) electrons. The van der Waals surface area contributed by atoms with Gasteiger partial charge in [0.25, 0.3) is 0 Å². The SMILES string of the molecule is CSCCC(NC(=O)C(N)CS)C(=O)NC(C)C(=O)NCC(=O)O. The third-order valence-electron chi connectivity index (χ3n) is 2.94. The van der Waals surface area contributed by atoms with Gasteiger partial charge in [0.2, 0.25) is 17.7 Å². The maximum atomic E-state index is 12.3. The number of aliphatic carboxylic acids is 1. The normalized spacial score (nSPS) is 14.2. The molecule has 24 heavy (non-hydrogen) atoms. The Bertz CT molecular complexity index is 464. The van der Waals surface area contributed by atoms with Gasteiger partial charge in [-0.15, -0.1) is 0 Å². The third-order valence-corrected chi connectivity index (χ3v) is 3.98. The van der Waals surface area contributed by atoms with E-state index in [0.717, 1.165) is 0 Å². The maximum Gasteiger partial charge on any atom is 0.322 e. The zero-order valence-electron chi connectivity index (χ0n) is 13.6. The largest absolute Gasteiger partial charge is 0.480 e. The highest BCUT2D eigenvalue weighted by Gasteiger charge is 2.25. The number of amides is 3. The molecule has 0 heterocycles. The van der Waals surface area contributed by atoms with Crippen molar-refractivity contribution in [2.24, 2.45) is 5.73 Å². The second kappa shape index (κ2) is 12.0. The van der Waals surface area contributed by atoms with Crippen LogP contribution in [-0.2, 0) is 19.2 Å². The van der Waals surface area contributed by atoms with Gasteiger partial charge >= 0.3 is 5.97 Å². The van der Waals surface area contributed by atoms with Gasteiger partial charge in [-0.1, -0.05) is 0 Å². The zero-order chi connectivity index (χ0) is 18.7. The number of hydrogen-bond donors (Lipinski definition) is 6. The molecule has 3 atom stereocenters. The molecule has 0 aliphatic carbocycles. The Balaban J connectivity index is 4.70. The second-order valence-electron chi connectivity index (χ2n) is 4.97. The van der Waals surface area contributed by atoms with Crippen molar-refractivity contribution in [2.45, 2.75) is 31.5 Å². The molecule has 0 aliphatic rings. The summed E-state index contributed by atoms with van der Waals surface area (Å²) in [7, 11) is 0. The van der Waals surface area contributed by atoms with Crippen molar-refractivity contribution >= 4 is 48.1 Å². The van der Waals surface area contributed by atoms with Crippen LogP contribution in [-0.4, -0.2) is 71.2 Å². The molecule has 0 bridgehead atoms. The Morgan fingerprint density at radius 3 is 2.29 bits per heavy atom. The van der Waals surface area contributed by atoms with Gasteiger partial charge in [0.1, 0.15) is 18.6 Å². The van der Waals surface area contributed by atoms with E-state index >= 15 is 0 Å². The molecule has 0 spiro atoms. The lowest BCUT2D eigenvalue weighted by Crippen LogP contribution is -2.55. The number of rotatable bonds is 11. The van der Waals surface area contributed by atoms with Gasteiger partial charge in [0, 0.05) is 5.75 Å². The molecule has 0 rings (SSSR count). The topological polar surface area (TPSA) is 151 Å². The van der Waals surface area contributed by atoms with Crippen LogP contribution in [0.25, 0.3) is 0 Å². The number of thiol groups is 1. The van der Waals surface area contributed by atoms with Crippen LogP contribution in [0.4, 0.5) is 0 Å². The molecule has 0 fully saturated rings. The first-order valence-corrected chi connectivity index (χ1v) is 9.21. The molecule has 138 valence electrons. The molecule has 3 amide bonds. The highest BCUT2D eigenvalue weighted by atomic mass is 32.2. The second-order valence-corrected chi connectivity index (χ2v) is 6.32. The van der Waals surface area contributed by atoms with Crippen molar-refractivity contribution < 1.29 is 24.3 Å². The molecule has 0 saturated carbocycles. The van der Waals surface area contributed by atoms with Crippen molar-refractivity contribution in [3.05, 3.63) is 0 Å². The Morgan fingerprint density at radius 2 is 1.79 bits per heavy atom. The Hall–Kier alpha value is -1.46. The first kappa shape index (κ1) is 22.5. The van der Waals surface area contributed by atoms with Gasteiger partial charge < -0.3 is 26.8 Å². The van der Waals surface area contributed by atoms with Crippen molar-refractivity contribution in [1.29, 1.82) is 0 Å². The summed E-state index contributed by atoms with van der Waals surface area (Å²) in [6.07, 6.45) is 2.22. The summed E-state index contributed by atoms with van der Waals surface area (Å²) in [5, 5.41) is 15.7. The molecule has 0 aromatic carbocycles. The van der Waals surface area contributed by atoms with E-state index in [0.29, 0.717) is 12.2 Å². The summed E-state index contributed by atoms with van der Waals surface area (Å²) < 4.78 is 0. The van der Waals surface area contributed by atoms with Crippen molar-refractivity contribution in [3.8, 4) is 0 Å². The molecule has 0 aromatic heterocycles. The Labute approximate surface area is 150 Å². The Kier molecular flexibility index (Phi) is 11.3. The average molecular weight is 380 g/mol. The highest BCUT2D eigenvalue weighted by Crippen LogP contribution is 2.02. The first-order valence-electron chi connectivity index (χ1n) is 7.18. The highest BCUT2D eigenvalue weighted by molar-refractivity contribution is 7.98. The minimum Gasteiger partial charge on any atom is -0.480 e. The number of thioether (sulfide) groups is 1. The number of carbonyl (C=O) groups excluding carboxylic acids is 3. The van der Waals surface area contributed by atoms with Gasteiger partial charge in [-0.25, -0.2) is 0 Å². The molecule has 0 aliphatic heterocycles. The van der Waals surface area contributed by atoms with E-state index in [9.17, 15) is 19.2 Å². The molecule has 0 saturated heterocycles. The number of carbonyl (C=O) groups is 4. The van der Waals surface area contributed by atoms with E-state index in [2.05, 4.69) is 28.6 Å². The van der Waals surface area contributed by atoms with Gasteiger partial charge in [-0.05, 0) is 25.4 Å². The predicted molar refractivity (Wildman–Crippen MR) is 95.0 cm³/mol. The van der Waals surface area contributed by atoms with Crippen molar-refractivity contribution in [1.82, 2.24) is 16.0 Å². The standard InChI is InChI=1S/C13H24N4O5S2/c1-7(11(20)15-5-10(18)19)16-13(22)9(3-4-24-2)17-12(21)8(14)6-23/h7-9,23H,3-6,14H2,1-2H3,(H,15,20)(H,16,22)(H,17,21)(H,18,19). The monoisotopic (exact) mass is 380 g/mol. The lowest BCUT2D eigenvalue weighted by atomic mass is 10.1. The summed E-state index contributed by atoms with van der Waals surface area (Å²) in [4.78, 5) is 46.2. The number of hydrogen-bond acceptors (Lipinski definition) is 7. The van der Waals surface area contributed by atoms with Crippen LogP contribution < -0.4 is 21.7 Å². The fourth-order valence-electron chi connectivity index (χ4n) is 1.56. The molecule has 3 unspecified atom stereocenters. The molecular weight excluding hydrogens is 356 g/mol. The minimum atomic E-state index is -1.19. The van der Waals surface area contributed by atoms with E-state index in [-0.39, 0.29) is 5.75 Å². The van der Waals surface area contributed by atoms with Crippen LogP contribution in [0, 0.1) is 0 Å². The van der Waals surface area contributed by atoms with E-state index < -0.39 is 48.4 Å². The fourth-order valence-corrected chi connectivity index (χ4v) is 2.20. The summed E-state index contributed by atoms with van der Waals surface area (Å²) in [5.74, 6) is -2.11. The molecular formula is C13H24N4O5S2. The van der Waals surface area contributed by atoms with Crippen LogP contribution in [0.15, 0.2) is 0 Å². The third kappa shape index (κ3) is 8.99. The summed E-state index contributed by atoms with van der Waals surface area (Å²) in [6, 6.07) is -2.62. The quantitative estimate of drug-likeness (QED) is 0.231. The van der Waals surface area contributed by atoms with Crippen LogP contribution >= 0.6 is 24.4 Å². The van der Waals surface area contributed by atoms with Crippen molar-refractivity contribution in [2.75, 3.05) is 24.3 Å². The number of carboxylic acid groups (broad SMARTS) is 1. The Morgan fingerprint density at radius 1 is 1.17 bits per heavy atom. The van der Waals surface area contributed by atoms with Gasteiger partial charge in [0.05, 0.1) is 6.04 Å². The molecule has 9 nitrogen and oxygen atoms in total. The smallest absolute Gasteiger partial charge is 0.322 e. The minimum absolute atomic E-state index is 0.136. The molecule has 6 N–H and O–H groups in total. The van der Waals surface area contributed by atoms with Crippen LogP contribution in [0.2, 0.25) is 0 Å². The van der Waals surface area contributed by atoms with Crippen LogP contribution in [0.5, 0.6) is 0 Å². The fraction of sp³-hybridized carbons (Fsp3) is 0.692. The van der Waals surface area contributed by atoms with Gasteiger partial charge in [-0.2, -0.15) is 24.4 Å². The van der Waals surface area contributed by atoms with Gasteiger partial charge in [-0.3, -0.25) is 19.2 Å². The van der Waals surface area contributed by atoms with Crippen molar-refractivity contribution in [3.63, 3.8) is 0 Å². The van der Waals surface area contributed by atoms with E-state index in [4.69, 9.17) is 10.8 Å². The van der Waals surface area contributed by atoms with E-state index in [1.807, 2.05) is 6.26 Å². The lowest BCUT2D eigenvalue weighted by Gasteiger charge is -2.22. The summed E-state index contributed by atoms with van der Waals surface area (Å²) >= 11 is 5.43. The lowest BCUT2D eigenvalue weighted by molar-refractivity contribution is -0.138. The molecule has 11 heteroatoms. The summed E-state index contributed by atoms with van der Waals surface area (Å²) in [6.45, 7) is 0.879. The summed E-state index contributed by atoms with van der Waals surface area (Å²) in [5.41, 5.74) is 5.57. The number of nitrogens with two attached hydrogens (primary N) is 1. The molecule has 0 aromatic rings. The first-order chi connectivity index (χ1) is 11.2.